The van der Waals surface area contributed by atoms with Crippen LogP contribution in [0.5, 0.6) is 0 Å². The first-order valence-corrected chi connectivity index (χ1v) is 19.3. The zero-order valence-corrected chi connectivity index (χ0v) is 30.9. The van der Waals surface area contributed by atoms with Crippen LogP contribution < -0.4 is 32.8 Å². The third-order valence-electron chi connectivity index (χ3n) is 13.6. The average molecular weight is 662 g/mol. The maximum absolute atomic E-state index is 2.60. The van der Waals surface area contributed by atoms with E-state index in [4.69, 9.17) is 0 Å². The Labute approximate surface area is 307 Å². The van der Waals surface area contributed by atoms with Crippen molar-refractivity contribution in [2.45, 2.75) is 53.4 Å². The molecule has 8 aromatic rings. The summed E-state index contributed by atoms with van der Waals surface area (Å²) in [5, 5.41) is 8.57. The maximum atomic E-state index is 2.60. The largest absolute Gasteiger partial charge is 0.243 e. The van der Waals surface area contributed by atoms with Gasteiger partial charge in [-0.15, -0.1) is 0 Å². The van der Waals surface area contributed by atoms with E-state index in [0.717, 1.165) is 0 Å². The molecule has 4 heterocycles. The second-order valence-electron chi connectivity index (χ2n) is 18.4. The third kappa shape index (κ3) is 3.43. The minimum atomic E-state index is 0.0981. The lowest BCUT2D eigenvalue weighted by molar-refractivity contribution is 0.359. The molecule has 2 unspecified atom stereocenters. The van der Waals surface area contributed by atoms with Gasteiger partial charge in [0.25, 0.3) is 0 Å². The van der Waals surface area contributed by atoms with Gasteiger partial charge in [-0.25, -0.2) is 0 Å². The summed E-state index contributed by atoms with van der Waals surface area (Å²) in [4.78, 5) is 0. The lowest BCUT2D eigenvalue weighted by Crippen LogP contribution is -2.61. The van der Waals surface area contributed by atoms with Crippen LogP contribution in [-0.4, -0.2) is 13.4 Å². The van der Waals surface area contributed by atoms with Crippen LogP contribution in [0.3, 0.4) is 0 Å². The van der Waals surface area contributed by atoms with Crippen molar-refractivity contribution in [2.24, 2.45) is 10.8 Å². The van der Waals surface area contributed by atoms with Crippen molar-refractivity contribution in [2.75, 3.05) is 0 Å². The summed E-state index contributed by atoms with van der Waals surface area (Å²) >= 11 is 0. The fourth-order valence-corrected chi connectivity index (χ4v) is 12.0. The van der Waals surface area contributed by atoms with Crippen molar-refractivity contribution in [1.29, 1.82) is 0 Å². The van der Waals surface area contributed by atoms with Gasteiger partial charge in [-0.2, -0.15) is 0 Å². The van der Waals surface area contributed by atoms with Crippen LogP contribution >= 0.6 is 0 Å². The molecule has 0 fully saturated rings. The first-order chi connectivity index (χ1) is 25.1. The summed E-state index contributed by atoms with van der Waals surface area (Å²) in [6.45, 7) is 14.9. The van der Waals surface area contributed by atoms with E-state index in [0.29, 0.717) is 11.8 Å². The van der Waals surface area contributed by atoms with Crippen LogP contribution in [0, 0.1) is 10.8 Å². The Kier molecular flexibility index (Phi) is 5.37. The number of fused-ring (bicyclic) bond motifs is 8. The fraction of sp³-hybridized carbons (Fsp3) is 0.200. The highest BCUT2D eigenvalue weighted by molar-refractivity contribution is 7.01. The van der Waals surface area contributed by atoms with Crippen LogP contribution in [0.25, 0.3) is 54.6 Å². The summed E-state index contributed by atoms with van der Waals surface area (Å²) in [6, 6.07) is 48.1. The van der Waals surface area contributed by atoms with E-state index in [-0.39, 0.29) is 24.3 Å². The highest BCUT2D eigenvalue weighted by atomic mass is 14.4. The molecule has 0 N–H and O–H groups in total. The SMILES string of the molecule is CC(C)(C)C1c2ccccc2B2c3c(cccc31)-c1ccc3cc4c5c(ccc6cc2c1c3c65)-c1cccc2c1B4c1ccccc1C2C(C)(C)C. The number of hydrogen-bond donors (Lipinski definition) is 0. The molecule has 12 rings (SSSR count). The van der Waals surface area contributed by atoms with Crippen molar-refractivity contribution in [1.82, 2.24) is 0 Å². The first-order valence-electron chi connectivity index (χ1n) is 19.3. The number of hydrogen-bond acceptors (Lipinski definition) is 0. The minimum Gasteiger partial charge on any atom is -0.0667 e. The Hall–Kier alpha value is -5.07. The monoisotopic (exact) mass is 662 g/mol. The molecule has 8 aromatic carbocycles. The van der Waals surface area contributed by atoms with Gasteiger partial charge in [0, 0.05) is 11.8 Å². The predicted octanol–water partition coefficient (Wildman–Crippen LogP) is 8.56. The van der Waals surface area contributed by atoms with E-state index in [1.54, 1.807) is 0 Å². The molecule has 4 aliphatic heterocycles. The molecule has 246 valence electrons. The molecule has 0 aliphatic carbocycles. The van der Waals surface area contributed by atoms with Crippen molar-refractivity contribution < 1.29 is 0 Å². The number of benzene rings is 8. The fourth-order valence-electron chi connectivity index (χ4n) is 12.0. The molecule has 0 nitrogen and oxygen atoms in total. The molecule has 0 saturated heterocycles. The van der Waals surface area contributed by atoms with Crippen LogP contribution in [0.4, 0.5) is 0 Å². The van der Waals surface area contributed by atoms with E-state index in [9.17, 15) is 0 Å². The molecule has 2 atom stereocenters. The first kappa shape index (κ1) is 29.5. The van der Waals surface area contributed by atoms with Crippen molar-refractivity contribution in [3.8, 4) is 22.3 Å². The van der Waals surface area contributed by atoms with Gasteiger partial charge in [-0.3, -0.25) is 0 Å². The Bertz CT molecular complexity index is 2700. The molecule has 0 radical (unpaired) electrons. The number of rotatable bonds is 0. The Balaban J connectivity index is 1.23. The Morgan fingerprint density at radius 2 is 0.769 bits per heavy atom. The van der Waals surface area contributed by atoms with Gasteiger partial charge in [-0.05, 0) is 87.7 Å². The van der Waals surface area contributed by atoms with Crippen LogP contribution in [0.15, 0.2) is 121 Å². The van der Waals surface area contributed by atoms with Gasteiger partial charge in [0.1, 0.15) is 0 Å². The summed E-state index contributed by atoms with van der Waals surface area (Å²) in [7, 11) is 0. The lowest BCUT2D eigenvalue weighted by Gasteiger charge is -2.43. The maximum Gasteiger partial charge on any atom is 0.243 e. The molecule has 52 heavy (non-hydrogen) atoms. The molecule has 4 aliphatic rings. The van der Waals surface area contributed by atoms with Crippen LogP contribution in [-0.2, 0) is 0 Å². The molecule has 0 saturated carbocycles. The molecule has 0 bridgehead atoms. The van der Waals surface area contributed by atoms with Crippen molar-refractivity contribution in [3.05, 3.63) is 144 Å². The molecule has 0 amide bonds. The van der Waals surface area contributed by atoms with E-state index in [1.807, 2.05) is 0 Å². The van der Waals surface area contributed by atoms with Gasteiger partial charge in [0.05, 0.1) is 0 Å². The van der Waals surface area contributed by atoms with Gasteiger partial charge in [0.15, 0.2) is 0 Å². The van der Waals surface area contributed by atoms with E-state index in [1.165, 1.54) is 110 Å². The standard InChI is InChI=1S/C50H40B2/c1-49(2,3)45-33-13-7-9-19-37(33)51-39-25-27-22-24-30-32-16-12-18-36-46(50(4,5)6)34-14-8-10-20-38(34)52(48(32)36)40-26-28-21-23-29(31-15-11-17-35(45)47(31)51)43(39)41(28)42(27)44(30)40/h7-26,45-46H,1-6H3. The molecule has 0 spiro atoms. The predicted molar refractivity (Wildman–Crippen MR) is 226 cm³/mol. The Morgan fingerprint density at radius 3 is 1.19 bits per heavy atom. The summed E-state index contributed by atoms with van der Waals surface area (Å²) in [6.07, 6.45) is 0. The van der Waals surface area contributed by atoms with Gasteiger partial charge < -0.3 is 0 Å². The average Bonchev–Trinajstić information content (AvgIpc) is 3.13. The zero-order valence-electron chi connectivity index (χ0n) is 30.9. The van der Waals surface area contributed by atoms with Gasteiger partial charge in [0.2, 0.25) is 13.4 Å². The molecule has 0 aromatic heterocycles. The van der Waals surface area contributed by atoms with Gasteiger partial charge >= 0.3 is 0 Å². The van der Waals surface area contributed by atoms with E-state index < -0.39 is 0 Å². The highest BCUT2D eigenvalue weighted by Crippen LogP contribution is 2.49. The topological polar surface area (TPSA) is 0 Å². The highest BCUT2D eigenvalue weighted by Gasteiger charge is 2.47. The lowest BCUT2D eigenvalue weighted by atomic mass is 9.28. The minimum absolute atomic E-state index is 0.0981. The van der Waals surface area contributed by atoms with Gasteiger partial charge in [-0.1, -0.05) is 196 Å². The Morgan fingerprint density at radius 1 is 0.365 bits per heavy atom. The molecular formula is C50H40B2. The summed E-state index contributed by atoms with van der Waals surface area (Å²) in [5.74, 6) is 0.702. The van der Waals surface area contributed by atoms with E-state index >= 15 is 0 Å². The van der Waals surface area contributed by atoms with E-state index in [2.05, 4.69) is 163 Å². The third-order valence-corrected chi connectivity index (χ3v) is 13.6. The normalized spacial score (nSPS) is 17.7. The van der Waals surface area contributed by atoms with Crippen LogP contribution in [0.2, 0.25) is 0 Å². The smallest absolute Gasteiger partial charge is 0.0667 e. The van der Waals surface area contributed by atoms with Crippen LogP contribution in [0.1, 0.15) is 75.6 Å². The quantitative estimate of drug-likeness (QED) is 0.113. The molecular weight excluding hydrogens is 622 g/mol. The van der Waals surface area contributed by atoms with Crippen molar-refractivity contribution in [3.63, 3.8) is 0 Å². The zero-order chi connectivity index (χ0) is 35.0. The summed E-state index contributed by atoms with van der Waals surface area (Å²) in [5.41, 5.74) is 20.8. The second kappa shape index (κ2) is 9.47. The van der Waals surface area contributed by atoms with Crippen molar-refractivity contribution >= 4 is 78.5 Å². The summed E-state index contributed by atoms with van der Waals surface area (Å²) < 4.78 is 0. The second-order valence-corrected chi connectivity index (χ2v) is 18.4. The molecule has 2 heteroatoms.